The van der Waals surface area contributed by atoms with Crippen LogP contribution in [0.15, 0.2) is 30.3 Å². The van der Waals surface area contributed by atoms with Gasteiger partial charge in [-0.05, 0) is 44.5 Å². The average Bonchev–Trinajstić information content (AvgIpc) is 2.53. The summed E-state index contributed by atoms with van der Waals surface area (Å²) in [5, 5.41) is 5.50. The zero-order valence-corrected chi connectivity index (χ0v) is 14.1. The van der Waals surface area contributed by atoms with Crippen LogP contribution >= 0.6 is 0 Å². The van der Waals surface area contributed by atoms with Crippen LogP contribution < -0.4 is 10.6 Å². The minimum atomic E-state index is -4.47. The third kappa shape index (κ3) is 5.17. The number of benzene rings is 1. The maximum absolute atomic E-state index is 12.7. The third-order valence-electron chi connectivity index (χ3n) is 3.52. The summed E-state index contributed by atoms with van der Waals surface area (Å²) < 4.78 is 38.2. The molecule has 0 bridgehead atoms. The number of amides is 1. The van der Waals surface area contributed by atoms with Gasteiger partial charge in [-0.2, -0.15) is 13.2 Å². The molecule has 25 heavy (non-hydrogen) atoms. The molecule has 1 amide bonds. The van der Waals surface area contributed by atoms with Gasteiger partial charge in [0.2, 0.25) is 5.95 Å². The van der Waals surface area contributed by atoms with Gasteiger partial charge in [0.1, 0.15) is 5.69 Å². The second-order valence-corrected chi connectivity index (χ2v) is 5.70. The average molecular weight is 352 g/mol. The van der Waals surface area contributed by atoms with Crippen LogP contribution in [0.3, 0.4) is 0 Å². The van der Waals surface area contributed by atoms with Gasteiger partial charge in [0.25, 0.3) is 5.91 Å². The van der Waals surface area contributed by atoms with Crippen LogP contribution in [0.4, 0.5) is 24.8 Å². The second-order valence-electron chi connectivity index (χ2n) is 5.70. The highest BCUT2D eigenvalue weighted by Gasteiger charge is 2.30. The lowest BCUT2D eigenvalue weighted by Gasteiger charge is -2.13. The number of carbonyl (C=O) groups is 1. The van der Waals surface area contributed by atoms with E-state index in [9.17, 15) is 18.0 Å². The fraction of sp³-hybridized carbons (Fsp3) is 0.353. The number of anilines is 2. The van der Waals surface area contributed by atoms with Crippen LogP contribution in [-0.2, 0) is 6.18 Å². The van der Waals surface area contributed by atoms with Crippen molar-refractivity contribution in [1.82, 2.24) is 9.97 Å². The maximum atomic E-state index is 12.7. The van der Waals surface area contributed by atoms with E-state index in [-0.39, 0.29) is 17.4 Å². The Hall–Kier alpha value is -2.64. The summed E-state index contributed by atoms with van der Waals surface area (Å²) in [6, 6.07) is 6.05. The van der Waals surface area contributed by atoms with Crippen molar-refractivity contribution in [2.75, 3.05) is 10.6 Å². The topological polar surface area (TPSA) is 66.9 Å². The van der Waals surface area contributed by atoms with Crippen molar-refractivity contribution in [3.8, 4) is 0 Å². The van der Waals surface area contributed by atoms with Crippen molar-refractivity contribution in [3.05, 3.63) is 47.3 Å². The SMILES string of the molecule is CCC(C)Nc1nc(C)cc(C(=O)Nc2cccc(C(F)(F)F)c2)n1. The third-order valence-corrected chi connectivity index (χ3v) is 3.52. The number of nitrogens with zero attached hydrogens (tertiary/aromatic N) is 2. The van der Waals surface area contributed by atoms with Gasteiger partial charge in [0.15, 0.2) is 0 Å². The molecule has 1 unspecified atom stereocenters. The van der Waals surface area contributed by atoms with E-state index in [0.29, 0.717) is 11.6 Å². The Balaban J connectivity index is 2.21. The van der Waals surface area contributed by atoms with Crippen LogP contribution in [-0.4, -0.2) is 21.9 Å². The molecule has 134 valence electrons. The number of hydrogen-bond donors (Lipinski definition) is 2. The van der Waals surface area contributed by atoms with E-state index in [0.717, 1.165) is 18.6 Å². The van der Waals surface area contributed by atoms with Gasteiger partial charge >= 0.3 is 6.18 Å². The van der Waals surface area contributed by atoms with E-state index in [1.54, 1.807) is 6.92 Å². The van der Waals surface area contributed by atoms with Gasteiger partial charge in [-0.25, -0.2) is 9.97 Å². The molecule has 0 saturated carbocycles. The summed E-state index contributed by atoms with van der Waals surface area (Å²) in [5.74, 6) is -0.291. The highest BCUT2D eigenvalue weighted by molar-refractivity contribution is 6.03. The van der Waals surface area contributed by atoms with Gasteiger partial charge in [-0.3, -0.25) is 4.79 Å². The van der Waals surface area contributed by atoms with Crippen molar-refractivity contribution < 1.29 is 18.0 Å². The molecule has 0 aliphatic carbocycles. The van der Waals surface area contributed by atoms with Gasteiger partial charge in [-0.15, -0.1) is 0 Å². The van der Waals surface area contributed by atoms with Crippen molar-refractivity contribution >= 4 is 17.5 Å². The van der Waals surface area contributed by atoms with Crippen LogP contribution in [0.5, 0.6) is 0 Å². The first-order valence-corrected chi connectivity index (χ1v) is 7.80. The predicted octanol–water partition coefficient (Wildman–Crippen LogP) is 4.27. The molecule has 1 aromatic carbocycles. The highest BCUT2D eigenvalue weighted by atomic mass is 19.4. The molecule has 5 nitrogen and oxygen atoms in total. The number of hydrogen-bond acceptors (Lipinski definition) is 4. The molecule has 0 spiro atoms. The Morgan fingerprint density at radius 2 is 1.96 bits per heavy atom. The number of rotatable bonds is 5. The van der Waals surface area contributed by atoms with Gasteiger partial charge in [0.05, 0.1) is 5.56 Å². The first-order chi connectivity index (χ1) is 11.7. The Morgan fingerprint density at radius 1 is 1.24 bits per heavy atom. The number of aryl methyl sites for hydroxylation is 1. The summed E-state index contributed by atoms with van der Waals surface area (Å²) in [6.07, 6.45) is -3.62. The van der Waals surface area contributed by atoms with Crippen molar-refractivity contribution in [2.24, 2.45) is 0 Å². The smallest absolute Gasteiger partial charge is 0.352 e. The molecule has 0 fully saturated rings. The van der Waals surface area contributed by atoms with Crippen LogP contribution in [0, 0.1) is 6.92 Å². The van der Waals surface area contributed by atoms with Gasteiger partial charge in [0, 0.05) is 17.4 Å². The Bertz CT molecular complexity index is 762. The molecule has 8 heteroatoms. The second kappa shape index (κ2) is 7.50. The Labute approximate surface area is 143 Å². The highest BCUT2D eigenvalue weighted by Crippen LogP contribution is 2.30. The van der Waals surface area contributed by atoms with Crippen molar-refractivity contribution in [3.63, 3.8) is 0 Å². The minimum Gasteiger partial charge on any atom is -0.352 e. The summed E-state index contributed by atoms with van der Waals surface area (Å²) in [4.78, 5) is 20.7. The molecule has 1 atom stereocenters. The maximum Gasteiger partial charge on any atom is 0.416 e. The van der Waals surface area contributed by atoms with E-state index >= 15 is 0 Å². The molecule has 0 radical (unpaired) electrons. The van der Waals surface area contributed by atoms with Crippen molar-refractivity contribution in [1.29, 1.82) is 0 Å². The summed E-state index contributed by atoms with van der Waals surface area (Å²) in [5.41, 5.74) is -0.124. The molecule has 0 aliphatic rings. The van der Waals surface area contributed by atoms with Crippen molar-refractivity contribution in [2.45, 2.75) is 39.4 Å². The lowest BCUT2D eigenvalue weighted by molar-refractivity contribution is -0.137. The monoisotopic (exact) mass is 352 g/mol. The number of nitrogens with one attached hydrogen (secondary N) is 2. The summed E-state index contributed by atoms with van der Waals surface area (Å²) in [6.45, 7) is 5.66. The molecule has 1 aromatic heterocycles. The van der Waals surface area contributed by atoms with E-state index in [4.69, 9.17) is 0 Å². The lowest BCUT2D eigenvalue weighted by Crippen LogP contribution is -2.19. The largest absolute Gasteiger partial charge is 0.416 e. The zero-order valence-electron chi connectivity index (χ0n) is 14.1. The first kappa shape index (κ1) is 18.7. The molecule has 1 heterocycles. The number of aromatic nitrogens is 2. The van der Waals surface area contributed by atoms with E-state index in [2.05, 4.69) is 20.6 Å². The Morgan fingerprint density at radius 3 is 2.60 bits per heavy atom. The number of alkyl halides is 3. The molecule has 2 rings (SSSR count). The molecular formula is C17H19F3N4O. The zero-order chi connectivity index (χ0) is 18.6. The van der Waals surface area contributed by atoms with E-state index < -0.39 is 17.6 Å². The molecule has 0 saturated heterocycles. The summed E-state index contributed by atoms with van der Waals surface area (Å²) in [7, 11) is 0. The quantitative estimate of drug-likeness (QED) is 0.843. The lowest BCUT2D eigenvalue weighted by atomic mass is 10.2. The molecule has 2 N–H and O–H groups in total. The van der Waals surface area contributed by atoms with E-state index in [1.165, 1.54) is 18.2 Å². The molecular weight excluding hydrogens is 333 g/mol. The fourth-order valence-corrected chi connectivity index (χ4v) is 2.04. The number of carbonyl (C=O) groups excluding carboxylic acids is 1. The minimum absolute atomic E-state index is 0.0486. The standard InChI is InChI=1S/C17H19F3N4O/c1-4-10(2)21-16-22-11(3)8-14(24-16)15(25)23-13-7-5-6-12(9-13)17(18,19)20/h5-10H,4H2,1-3H3,(H,23,25)(H,21,22,24). The normalized spacial score (nSPS) is 12.6. The molecule has 2 aromatic rings. The summed E-state index contributed by atoms with van der Waals surface area (Å²) >= 11 is 0. The predicted molar refractivity (Wildman–Crippen MR) is 89.5 cm³/mol. The Kier molecular flexibility index (Phi) is 5.61. The van der Waals surface area contributed by atoms with Gasteiger partial charge in [-0.1, -0.05) is 13.0 Å². The molecule has 0 aliphatic heterocycles. The van der Waals surface area contributed by atoms with Crippen LogP contribution in [0.2, 0.25) is 0 Å². The van der Waals surface area contributed by atoms with Gasteiger partial charge < -0.3 is 10.6 Å². The first-order valence-electron chi connectivity index (χ1n) is 7.80. The van der Waals surface area contributed by atoms with Crippen LogP contribution in [0.1, 0.15) is 42.0 Å². The van der Waals surface area contributed by atoms with Crippen LogP contribution in [0.25, 0.3) is 0 Å². The van der Waals surface area contributed by atoms with E-state index in [1.807, 2.05) is 13.8 Å². The number of halogens is 3. The fourth-order valence-electron chi connectivity index (χ4n) is 2.04.